The number of sulfone groups is 1. The number of ether oxygens (including phenoxy) is 2. The Kier molecular flexibility index (Phi) is 4.08. The van der Waals surface area contributed by atoms with Gasteiger partial charge in [-0.05, 0) is 37.0 Å². The van der Waals surface area contributed by atoms with Crippen LogP contribution in [0.3, 0.4) is 0 Å². The fourth-order valence-electron chi connectivity index (χ4n) is 2.50. The molecule has 1 atom stereocenters. The molecule has 1 aliphatic carbocycles. The summed E-state index contributed by atoms with van der Waals surface area (Å²) >= 11 is 0. The van der Waals surface area contributed by atoms with Crippen LogP contribution in [0.2, 0.25) is 0 Å². The fraction of sp³-hybridized carbons (Fsp3) is 0.600. The number of nitrogens with one attached hydrogen (secondary N) is 1. The zero-order valence-corrected chi connectivity index (χ0v) is 13.0. The van der Waals surface area contributed by atoms with Gasteiger partial charge in [-0.2, -0.15) is 0 Å². The van der Waals surface area contributed by atoms with Gasteiger partial charge in [0, 0.05) is 12.6 Å². The first-order valence-corrected chi connectivity index (χ1v) is 9.15. The molecule has 3 rings (SSSR count). The van der Waals surface area contributed by atoms with Crippen LogP contribution in [-0.4, -0.2) is 39.2 Å². The first kappa shape index (κ1) is 14.7. The lowest BCUT2D eigenvalue weighted by Gasteiger charge is -2.16. The SMILES string of the molecule is COc1cc(CNC2CC2)ccc1OC1CCS(=O)(=O)C1. The third kappa shape index (κ3) is 3.89. The van der Waals surface area contributed by atoms with Crippen molar-refractivity contribution >= 4 is 9.84 Å². The topological polar surface area (TPSA) is 64.6 Å². The number of benzene rings is 1. The molecule has 1 unspecified atom stereocenters. The zero-order chi connectivity index (χ0) is 14.9. The maximum absolute atomic E-state index is 11.5. The van der Waals surface area contributed by atoms with Gasteiger partial charge in [0.25, 0.3) is 0 Å². The van der Waals surface area contributed by atoms with Crippen molar-refractivity contribution < 1.29 is 17.9 Å². The molecule has 0 bridgehead atoms. The largest absolute Gasteiger partial charge is 0.493 e. The third-order valence-corrected chi connectivity index (χ3v) is 5.62. The molecule has 1 heterocycles. The maximum atomic E-state index is 11.5. The summed E-state index contributed by atoms with van der Waals surface area (Å²) in [5.74, 6) is 1.59. The van der Waals surface area contributed by atoms with Crippen LogP contribution in [0, 0.1) is 0 Å². The molecule has 116 valence electrons. The van der Waals surface area contributed by atoms with Crippen molar-refractivity contribution in [1.29, 1.82) is 0 Å². The molecule has 0 spiro atoms. The van der Waals surface area contributed by atoms with E-state index in [1.54, 1.807) is 7.11 Å². The molecule has 1 saturated heterocycles. The molecule has 1 aliphatic heterocycles. The average Bonchev–Trinajstić information content (AvgIpc) is 3.22. The number of hydrogen-bond donors (Lipinski definition) is 1. The second-order valence-corrected chi connectivity index (χ2v) is 8.01. The molecule has 21 heavy (non-hydrogen) atoms. The minimum Gasteiger partial charge on any atom is -0.493 e. The molecule has 0 aromatic heterocycles. The highest BCUT2D eigenvalue weighted by Crippen LogP contribution is 2.31. The minimum absolute atomic E-state index is 0.0984. The second-order valence-electron chi connectivity index (χ2n) is 5.78. The summed E-state index contributed by atoms with van der Waals surface area (Å²) in [4.78, 5) is 0. The Morgan fingerprint density at radius 2 is 2.05 bits per heavy atom. The van der Waals surface area contributed by atoms with Crippen molar-refractivity contribution in [3.05, 3.63) is 23.8 Å². The fourth-order valence-corrected chi connectivity index (χ4v) is 4.09. The lowest BCUT2D eigenvalue weighted by atomic mass is 10.2. The van der Waals surface area contributed by atoms with Gasteiger partial charge in [-0.25, -0.2) is 8.42 Å². The van der Waals surface area contributed by atoms with Gasteiger partial charge >= 0.3 is 0 Å². The molecule has 0 radical (unpaired) electrons. The Labute approximate surface area is 125 Å². The van der Waals surface area contributed by atoms with Crippen molar-refractivity contribution in [1.82, 2.24) is 5.32 Å². The van der Waals surface area contributed by atoms with Crippen LogP contribution >= 0.6 is 0 Å². The van der Waals surface area contributed by atoms with Crippen LogP contribution in [0.4, 0.5) is 0 Å². The number of hydrogen-bond acceptors (Lipinski definition) is 5. The minimum atomic E-state index is -2.93. The Morgan fingerprint density at radius 3 is 2.67 bits per heavy atom. The summed E-state index contributed by atoms with van der Waals surface area (Å²) in [6.07, 6.45) is 2.80. The van der Waals surface area contributed by atoms with E-state index in [1.807, 2.05) is 18.2 Å². The van der Waals surface area contributed by atoms with E-state index in [0.29, 0.717) is 24.0 Å². The van der Waals surface area contributed by atoms with E-state index in [1.165, 1.54) is 12.8 Å². The summed E-state index contributed by atoms with van der Waals surface area (Å²) in [6, 6.07) is 6.48. The van der Waals surface area contributed by atoms with E-state index in [2.05, 4.69) is 5.32 Å². The Morgan fingerprint density at radius 1 is 1.24 bits per heavy atom. The highest BCUT2D eigenvalue weighted by Gasteiger charge is 2.30. The van der Waals surface area contributed by atoms with Crippen molar-refractivity contribution in [3.8, 4) is 11.5 Å². The van der Waals surface area contributed by atoms with Crippen molar-refractivity contribution in [2.24, 2.45) is 0 Å². The van der Waals surface area contributed by atoms with Crippen LogP contribution in [0.1, 0.15) is 24.8 Å². The highest BCUT2D eigenvalue weighted by molar-refractivity contribution is 7.91. The van der Waals surface area contributed by atoms with Gasteiger partial charge in [-0.1, -0.05) is 6.07 Å². The highest BCUT2D eigenvalue weighted by atomic mass is 32.2. The smallest absolute Gasteiger partial charge is 0.161 e. The molecular weight excluding hydrogens is 290 g/mol. The monoisotopic (exact) mass is 311 g/mol. The second kappa shape index (κ2) is 5.85. The molecule has 2 aliphatic rings. The van der Waals surface area contributed by atoms with Gasteiger partial charge in [0.05, 0.1) is 18.6 Å². The van der Waals surface area contributed by atoms with E-state index >= 15 is 0 Å². The molecule has 6 heteroatoms. The molecule has 0 amide bonds. The van der Waals surface area contributed by atoms with Crippen LogP contribution in [0.15, 0.2) is 18.2 Å². The van der Waals surface area contributed by atoms with Gasteiger partial charge in [0.1, 0.15) is 6.10 Å². The van der Waals surface area contributed by atoms with Crippen LogP contribution in [0.5, 0.6) is 11.5 Å². The lowest BCUT2D eigenvalue weighted by molar-refractivity contribution is 0.218. The predicted molar refractivity (Wildman–Crippen MR) is 80.5 cm³/mol. The summed E-state index contributed by atoms with van der Waals surface area (Å²) in [5, 5.41) is 3.45. The third-order valence-electron chi connectivity index (χ3n) is 3.88. The van der Waals surface area contributed by atoms with Gasteiger partial charge in [-0.3, -0.25) is 0 Å². The zero-order valence-electron chi connectivity index (χ0n) is 12.2. The number of methoxy groups -OCH3 is 1. The molecule has 1 aromatic rings. The molecule has 2 fully saturated rings. The lowest BCUT2D eigenvalue weighted by Crippen LogP contribution is -2.18. The van der Waals surface area contributed by atoms with Crippen molar-refractivity contribution in [2.45, 2.75) is 38.0 Å². The summed E-state index contributed by atoms with van der Waals surface area (Å²) in [5.41, 5.74) is 1.14. The van der Waals surface area contributed by atoms with Gasteiger partial charge in [-0.15, -0.1) is 0 Å². The maximum Gasteiger partial charge on any atom is 0.161 e. The van der Waals surface area contributed by atoms with Crippen LogP contribution in [-0.2, 0) is 16.4 Å². The standard InChI is InChI=1S/C15H21NO4S/c1-19-15-8-11(9-16-12-3-4-12)2-5-14(15)20-13-6-7-21(17,18)10-13/h2,5,8,12-13,16H,3-4,6-7,9-10H2,1H3. The average molecular weight is 311 g/mol. The molecular formula is C15H21NO4S. The summed E-state index contributed by atoms with van der Waals surface area (Å²) in [6.45, 7) is 0.819. The Bertz CT molecular complexity index is 610. The first-order chi connectivity index (χ1) is 10.1. The van der Waals surface area contributed by atoms with E-state index < -0.39 is 9.84 Å². The van der Waals surface area contributed by atoms with E-state index in [9.17, 15) is 8.42 Å². The van der Waals surface area contributed by atoms with Crippen molar-refractivity contribution in [2.75, 3.05) is 18.6 Å². The normalized spacial score (nSPS) is 24.0. The quantitative estimate of drug-likeness (QED) is 0.863. The predicted octanol–water partition coefficient (Wildman–Crippen LogP) is 1.51. The van der Waals surface area contributed by atoms with Gasteiger partial charge < -0.3 is 14.8 Å². The van der Waals surface area contributed by atoms with E-state index in [0.717, 1.165) is 12.1 Å². The van der Waals surface area contributed by atoms with Gasteiger partial charge in [0.15, 0.2) is 21.3 Å². The van der Waals surface area contributed by atoms with E-state index in [4.69, 9.17) is 9.47 Å². The molecule has 5 nitrogen and oxygen atoms in total. The number of rotatable bonds is 6. The molecule has 1 saturated carbocycles. The molecule has 1 aromatic carbocycles. The van der Waals surface area contributed by atoms with Crippen molar-refractivity contribution in [3.63, 3.8) is 0 Å². The van der Waals surface area contributed by atoms with Crippen LogP contribution < -0.4 is 14.8 Å². The Hall–Kier alpha value is -1.27. The van der Waals surface area contributed by atoms with Gasteiger partial charge in [0.2, 0.25) is 0 Å². The van der Waals surface area contributed by atoms with E-state index in [-0.39, 0.29) is 17.6 Å². The summed E-state index contributed by atoms with van der Waals surface area (Å²) < 4.78 is 34.1. The first-order valence-electron chi connectivity index (χ1n) is 7.33. The van der Waals surface area contributed by atoms with Crippen LogP contribution in [0.25, 0.3) is 0 Å². The summed E-state index contributed by atoms with van der Waals surface area (Å²) in [7, 11) is -1.33. The Balaban J connectivity index is 1.66. The molecule has 1 N–H and O–H groups in total.